The minimum Gasteiger partial charge on any atom is -0.386 e. The Balaban J connectivity index is 2.05. The molecule has 1 saturated carbocycles. The van der Waals surface area contributed by atoms with Crippen LogP contribution in [0.1, 0.15) is 70.6 Å². The van der Waals surface area contributed by atoms with Crippen LogP contribution in [0.5, 0.6) is 0 Å². The summed E-state index contributed by atoms with van der Waals surface area (Å²) >= 11 is 0. The van der Waals surface area contributed by atoms with Gasteiger partial charge < -0.3 is 15.6 Å². The molecule has 1 heterocycles. The lowest BCUT2D eigenvalue weighted by molar-refractivity contribution is -0.0113. The molecule has 4 heteroatoms. The number of nitrogens with one attached hydrogen (secondary N) is 1. The number of rotatable bonds is 5. The van der Waals surface area contributed by atoms with Crippen molar-refractivity contribution in [2.24, 2.45) is 5.92 Å². The van der Waals surface area contributed by atoms with E-state index in [-0.39, 0.29) is 0 Å². The van der Waals surface area contributed by atoms with E-state index in [9.17, 15) is 10.2 Å². The summed E-state index contributed by atoms with van der Waals surface area (Å²) in [4.78, 5) is 4.38. The molecule has 22 heavy (non-hydrogen) atoms. The molecule has 122 valence electrons. The van der Waals surface area contributed by atoms with Crippen LogP contribution in [0.4, 0.5) is 0 Å². The average Bonchev–Trinajstić information content (AvgIpc) is 2.47. The third kappa shape index (κ3) is 3.73. The fourth-order valence-electron chi connectivity index (χ4n) is 3.20. The Morgan fingerprint density at radius 2 is 2.00 bits per heavy atom. The molecule has 0 radical (unpaired) electrons. The molecule has 1 aromatic heterocycles. The Kier molecular flexibility index (Phi) is 5.03. The second-order valence-corrected chi connectivity index (χ2v) is 7.07. The van der Waals surface area contributed by atoms with Gasteiger partial charge in [0.25, 0.3) is 0 Å². The van der Waals surface area contributed by atoms with E-state index in [1.165, 1.54) is 0 Å². The van der Waals surface area contributed by atoms with Crippen molar-refractivity contribution in [3.05, 3.63) is 29.6 Å². The first kappa shape index (κ1) is 17.1. The minimum atomic E-state index is -0.916. The number of pyridine rings is 1. The molecule has 0 atom stereocenters. The van der Waals surface area contributed by atoms with Crippen molar-refractivity contribution in [2.75, 3.05) is 0 Å². The summed E-state index contributed by atoms with van der Waals surface area (Å²) in [6.45, 7) is 5.55. The van der Waals surface area contributed by atoms with Crippen LogP contribution >= 0.6 is 0 Å². The quantitative estimate of drug-likeness (QED) is 0.729. The Labute approximate surface area is 133 Å². The molecule has 0 spiro atoms. The lowest BCUT2D eigenvalue weighted by Crippen LogP contribution is -2.34. The van der Waals surface area contributed by atoms with Crippen molar-refractivity contribution in [1.82, 2.24) is 4.98 Å². The molecule has 0 unspecified atom stereocenters. The van der Waals surface area contributed by atoms with Gasteiger partial charge in [0.1, 0.15) is 5.60 Å². The lowest BCUT2D eigenvalue weighted by atomic mass is 9.74. The summed E-state index contributed by atoms with van der Waals surface area (Å²) in [5.41, 5.74) is 0.455. The SMILES string of the molecule is CCCC(=N)C1CCC(O)(c2ccc(C(C)(C)O)cn2)CC1. The molecule has 0 amide bonds. The molecule has 1 fully saturated rings. The summed E-state index contributed by atoms with van der Waals surface area (Å²) in [6.07, 6.45) is 6.53. The number of hydrogen-bond acceptors (Lipinski definition) is 4. The molecule has 4 nitrogen and oxygen atoms in total. The zero-order valence-corrected chi connectivity index (χ0v) is 13.9. The molecule has 1 aromatic rings. The van der Waals surface area contributed by atoms with Gasteiger partial charge in [-0.05, 0) is 57.9 Å². The maximum atomic E-state index is 10.9. The van der Waals surface area contributed by atoms with Crippen LogP contribution in [0.2, 0.25) is 0 Å². The number of nitrogens with zero attached hydrogens (tertiary/aromatic N) is 1. The van der Waals surface area contributed by atoms with Crippen molar-refractivity contribution in [3.8, 4) is 0 Å². The fourth-order valence-corrected chi connectivity index (χ4v) is 3.20. The number of aromatic nitrogens is 1. The molecule has 0 bridgehead atoms. The van der Waals surface area contributed by atoms with Crippen LogP contribution in [0.25, 0.3) is 0 Å². The van der Waals surface area contributed by atoms with Crippen molar-refractivity contribution in [3.63, 3.8) is 0 Å². The normalized spacial score (nSPS) is 26.0. The zero-order valence-electron chi connectivity index (χ0n) is 13.9. The Morgan fingerprint density at radius 3 is 2.45 bits per heavy atom. The third-order valence-corrected chi connectivity index (χ3v) is 4.77. The summed E-state index contributed by atoms with van der Waals surface area (Å²) in [7, 11) is 0. The van der Waals surface area contributed by atoms with Gasteiger partial charge in [0.05, 0.1) is 11.3 Å². The van der Waals surface area contributed by atoms with Gasteiger partial charge in [-0.2, -0.15) is 0 Å². The predicted octanol–water partition coefficient (Wildman–Crippen LogP) is 3.51. The summed E-state index contributed by atoms with van der Waals surface area (Å²) in [5.74, 6) is 0.316. The van der Waals surface area contributed by atoms with Crippen molar-refractivity contribution < 1.29 is 10.2 Å². The molecule has 0 aliphatic heterocycles. The van der Waals surface area contributed by atoms with Crippen molar-refractivity contribution in [2.45, 2.75) is 70.5 Å². The fraction of sp³-hybridized carbons (Fsp3) is 0.667. The predicted molar refractivity (Wildman–Crippen MR) is 88.0 cm³/mol. The first-order chi connectivity index (χ1) is 10.3. The average molecular weight is 304 g/mol. The van der Waals surface area contributed by atoms with E-state index in [2.05, 4.69) is 11.9 Å². The van der Waals surface area contributed by atoms with E-state index in [4.69, 9.17) is 5.41 Å². The zero-order chi connectivity index (χ0) is 16.4. The Hall–Kier alpha value is -1.26. The monoisotopic (exact) mass is 304 g/mol. The third-order valence-electron chi connectivity index (χ3n) is 4.77. The van der Waals surface area contributed by atoms with Crippen LogP contribution < -0.4 is 0 Å². The Morgan fingerprint density at radius 1 is 1.36 bits per heavy atom. The molecule has 1 aliphatic rings. The topological polar surface area (TPSA) is 77.2 Å². The standard InChI is InChI=1S/C18H28N2O2/c1-4-5-15(19)13-8-10-18(22,11-9-13)16-7-6-14(12-20-16)17(2,3)21/h6-7,12-13,19,21-22H,4-5,8-11H2,1-3H3. The summed E-state index contributed by atoms with van der Waals surface area (Å²) in [6, 6.07) is 3.66. The van der Waals surface area contributed by atoms with Gasteiger partial charge in [0.2, 0.25) is 0 Å². The van der Waals surface area contributed by atoms with Crippen LogP contribution in [0.3, 0.4) is 0 Å². The molecule has 0 aromatic carbocycles. The molecule has 3 N–H and O–H groups in total. The maximum absolute atomic E-state index is 10.9. The highest BCUT2D eigenvalue weighted by Crippen LogP contribution is 2.39. The minimum absolute atomic E-state index is 0.316. The maximum Gasteiger partial charge on any atom is 0.107 e. The van der Waals surface area contributed by atoms with E-state index >= 15 is 0 Å². The molecular weight excluding hydrogens is 276 g/mol. The lowest BCUT2D eigenvalue weighted by Gasteiger charge is -2.36. The Bertz CT molecular complexity index is 509. The number of aliphatic hydroxyl groups is 2. The van der Waals surface area contributed by atoms with Crippen LogP contribution in [0, 0.1) is 11.3 Å². The second kappa shape index (κ2) is 6.47. The molecule has 0 saturated heterocycles. The molecule has 2 rings (SSSR count). The second-order valence-electron chi connectivity index (χ2n) is 7.07. The summed E-state index contributed by atoms with van der Waals surface area (Å²) < 4.78 is 0. The van der Waals surface area contributed by atoms with Crippen molar-refractivity contribution >= 4 is 5.71 Å². The van der Waals surface area contributed by atoms with Gasteiger partial charge in [0, 0.05) is 17.5 Å². The van der Waals surface area contributed by atoms with E-state index in [0.717, 1.165) is 37.0 Å². The van der Waals surface area contributed by atoms with Crippen LogP contribution in [-0.4, -0.2) is 20.9 Å². The first-order valence-corrected chi connectivity index (χ1v) is 8.25. The number of hydrogen-bond donors (Lipinski definition) is 3. The van der Waals surface area contributed by atoms with Gasteiger partial charge >= 0.3 is 0 Å². The van der Waals surface area contributed by atoms with Gasteiger partial charge in [-0.15, -0.1) is 0 Å². The van der Waals surface area contributed by atoms with E-state index in [1.807, 2.05) is 12.1 Å². The van der Waals surface area contributed by atoms with Crippen LogP contribution in [0.15, 0.2) is 18.3 Å². The summed E-state index contributed by atoms with van der Waals surface area (Å²) in [5, 5.41) is 28.9. The van der Waals surface area contributed by atoms with Crippen LogP contribution in [-0.2, 0) is 11.2 Å². The van der Waals surface area contributed by atoms with E-state index in [0.29, 0.717) is 24.5 Å². The van der Waals surface area contributed by atoms with E-state index in [1.54, 1.807) is 20.0 Å². The highest BCUT2D eigenvalue weighted by Gasteiger charge is 2.37. The van der Waals surface area contributed by atoms with Gasteiger partial charge in [-0.1, -0.05) is 19.4 Å². The molecular formula is C18H28N2O2. The molecule has 1 aliphatic carbocycles. The largest absolute Gasteiger partial charge is 0.386 e. The van der Waals surface area contributed by atoms with Gasteiger partial charge in [0.15, 0.2) is 0 Å². The van der Waals surface area contributed by atoms with Crippen molar-refractivity contribution in [1.29, 1.82) is 5.41 Å². The highest BCUT2D eigenvalue weighted by atomic mass is 16.3. The van der Waals surface area contributed by atoms with E-state index < -0.39 is 11.2 Å². The van der Waals surface area contributed by atoms with Gasteiger partial charge in [-0.3, -0.25) is 4.98 Å². The van der Waals surface area contributed by atoms with Gasteiger partial charge in [-0.25, -0.2) is 0 Å². The highest BCUT2D eigenvalue weighted by molar-refractivity contribution is 5.83. The first-order valence-electron chi connectivity index (χ1n) is 8.25. The smallest absolute Gasteiger partial charge is 0.107 e.